The molecular weight excluding hydrogens is 290 g/mol. The normalized spacial score (nSPS) is 13.0. The van der Waals surface area contributed by atoms with Crippen molar-refractivity contribution >= 4 is 9.84 Å². The zero-order valence-corrected chi connectivity index (χ0v) is 13.8. The standard InChI is InChI=1S/C15H25NO4S/c1-4-21(17,18)9-5-8-20-15-11-14(19-3)7-6-13(15)10-12(2)16/h6-7,11-12H,4-5,8-10,16H2,1-3H3. The highest BCUT2D eigenvalue weighted by atomic mass is 32.2. The van der Waals surface area contributed by atoms with Crippen molar-refractivity contribution in [3.8, 4) is 11.5 Å². The lowest BCUT2D eigenvalue weighted by atomic mass is 10.1. The highest BCUT2D eigenvalue weighted by molar-refractivity contribution is 7.91. The van der Waals surface area contributed by atoms with Crippen molar-refractivity contribution in [3.63, 3.8) is 0 Å². The molecule has 6 heteroatoms. The first-order chi connectivity index (χ1) is 9.88. The van der Waals surface area contributed by atoms with Crippen molar-refractivity contribution in [2.75, 3.05) is 25.2 Å². The summed E-state index contributed by atoms with van der Waals surface area (Å²) in [5.41, 5.74) is 6.83. The molecule has 0 amide bonds. The van der Waals surface area contributed by atoms with E-state index in [0.29, 0.717) is 30.9 Å². The molecule has 0 bridgehead atoms. The van der Waals surface area contributed by atoms with E-state index in [2.05, 4.69) is 0 Å². The fourth-order valence-corrected chi connectivity index (χ4v) is 2.76. The van der Waals surface area contributed by atoms with Gasteiger partial charge in [0.1, 0.15) is 21.3 Å². The smallest absolute Gasteiger partial charge is 0.150 e. The molecule has 1 aromatic rings. The topological polar surface area (TPSA) is 78.6 Å². The minimum Gasteiger partial charge on any atom is -0.497 e. The van der Waals surface area contributed by atoms with E-state index in [0.717, 1.165) is 5.56 Å². The van der Waals surface area contributed by atoms with Crippen molar-refractivity contribution in [3.05, 3.63) is 23.8 Å². The molecule has 0 aliphatic heterocycles. The summed E-state index contributed by atoms with van der Waals surface area (Å²) < 4.78 is 33.8. The van der Waals surface area contributed by atoms with E-state index >= 15 is 0 Å². The van der Waals surface area contributed by atoms with E-state index in [1.807, 2.05) is 25.1 Å². The minimum atomic E-state index is -2.94. The molecule has 0 aliphatic rings. The van der Waals surface area contributed by atoms with Gasteiger partial charge in [-0.25, -0.2) is 8.42 Å². The summed E-state index contributed by atoms with van der Waals surface area (Å²) in [6, 6.07) is 5.64. The molecule has 120 valence electrons. The van der Waals surface area contributed by atoms with Crippen LogP contribution in [-0.2, 0) is 16.3 Å². The number of ether oxygens (including phenoxy) is 2. The van der Waals surface area contributed by atoms with Gasteiger partial charge in [0.2, 0.25) is 0 Å². The Morgan fingerprint density at radius 3 is 2.62 bits per heavy atom. The summed E-state index contributed by atoms with van der Waals surface area (Å²) in [6.07, 6.45) is 1.18. The van der Waals surface area contributed by atoms with E-state index in [1.54, 1.807) is 14.0 Å². The molecule has 1 atom stereocenters. The quantitative estimate of drug-likeness (QED) is 0.703. The van der Waals surface area contributed by atoms with E-state index < -0.39 is 9.84 Å². The number of hydrogen-bond acceptors (Lipinski definition) is 5. The molecule has 0 fully saturated rings. The molecule has 0 saturated carbocycles. The molecule has 0 spiro atoms. The molecule has 0 saturated heterocycles. The van der Waals surface area contributed by atoms with Crippen LogP contribution in [0.25, 0.3) is 0 Å². The van der Waals surface area contributed by atoms with Crippen molar-refractivity contribution < 1.29 is 17.9 Å². The van der Waals surface area contributed by atoms with E-state index in [-0.39, 0.29) is 17.5 Å². The van der Waals surface area contributed by atoms with Crippen molar-refractivity contribution in [1.29, 1.82) is 0 Å². The Bertz CT molecular complexity index is 541. The first-order valence-electron chi connectivity index (χ1n) is 7.13. The van der Waals surface area contributed by atoms with Gasteiger partial charge in [-0.2, -0.15) is 0 Å². The number of rotatable bonds is 9. The van der Waals surface area contributed by atoms with Crippen LogP contribution in [0.2, 0.25) is 0 Å². The SMILES string of the molecule is CCS(=O)(=O)CCCOc1cc(OC)ccc1CC(C)N. The van der Waals surface area contributed by atoms with Crippen LogP contribution in [0, 0.1) is 0 Å². The third kappa shape index (κ3) is 6.35. The average molecular weight is 315 g/mol. The number of nitrogens with two attached hydrogens (primary N) is 1. The lowest BCUT2D eigenvalue weighted by Gasteiger charge is -2.14. The van der Waals surface area contributed by atoms with Crippen LogP contribution in [0.5, 0.6) is 11.5 Å². The Hall–Kier alpha value is -1.27. The van der Waals surface area contributed by atoms with Crippen molar-refractivity contribution in [2.24, 2.45) is 5.73 Å². The van der Waals surface area contributed by atoms with Gasteiger partial charge in [-0.1, -0.05) is 13.0 Å². The Balaban J connectivity index is 2.67. The van der Waals surface area contributed by atoms with Gasteiger partial charge in [0.25, 0.3) is 0 Å². The van der Waals surface area contributed by atoms with E-state index in [9.17, 15) is 8.42 Å². The monoisotopic (exact) mass is 315 g/mol. The summed E-state index contributed by atoms with van der Waals surface area (Å²) in [5.74, 6) is 1.73. The van der Waals surface area contributed by atoms with E-state index in [4.69, 9.17) is 15.2 Å². The largest absolute Gasteiger partial charge is 0.497 e. The van der Waals surface area contributed by atoms with Crippen molar-refractivity contribution in [2.45, 2.75) is 32.7 Å². The number of benzene rings is 1. The zero-order valence-electron chi connectivity index (χ0n) is 13.0. The molecular formula is C15H25NO4S. The summed E-state index contributed by atoms with van der Waals surface area (Å²) >= 11 is 0. The first kappa shape index (κ1) is 17.8. The highest BCUT2D eigenvalue weighted by Gasteiger charge is 2.10. The molecule has 21 heavy (non-hydrogen) atoms. The van der Waals surface area contributed by atoms with Crippen LogP contribution < -0.4 is 15.2 Å². The van der Waals surface area contributed by atoms with E-state index in [1.165, 1.54) is 0 Å². The predicted molar refractivity (Wildman–Crippen MR) is 84.8 cm³/mol. The molecule has 1 aromatic carbocycles. The minimum absolute atomic E-state index is 0.0289. The number of methoxy groups -OCH3 is 1. The number of hydrogen-bond donors (Lipinski definition) is 1. The summed E-state index contributed by atoms with van der Waals surface area (Å²) in [7, 11) is -1.35. The highest BCUT2D eigenvalue weighted by Crippen LogP contribution is 2.26. The summed E-state index contributed by atoms with van der Waals surface area (Å²) in [4.78, 5) is 0. The van der Waals surface area contributed by atoms with Crippen LogP contribution in [0.3, 0.4) is 0 Å². The lowest BCUT2D eigenvalue weighted by molar-refractivity contribution is 0.311. The molecule has 5 nitrogen and oxygen atoms in total. The van der Waals surface area contributed by atoms with Gasteiger partial charge in [-0.3, -0.25) is 0 Å². The molecule has 1 rings (SSSR count). The molecule has 0 radical (unpaired) electrons. The predicted octanol–water partition coefficient (Wildman–Crippen LogP) is 1.79. The zero-order chi connectivity index (χ0) is 15.9. The van der Waals surface area contributed by atoms with Crippen LogP contribution in [0.4, 0.5) is 0 Å². The van der Waals surface area contributed by atoms with Gasteiger partial charge in [0, 0.05) is 17.9 Å². The van der Waals surface area contributed by atoms with Gasteiger partial charge < -0.3 is 15.2 Å². The van der Waals surface area contributed by atoms with Crippen LogP contribution >= 0.6 is 0 Å². The number of sulfone groups is 1. The van der Waals surface area contributed by atoms with Crippen LogP contribution in [0.15, 0.2) is 18.2 Å². The first-order valence-corrected chi connectivity index (χ1v) is 8.95. The van der Waals surface area contributed by atoms with Crippen molar-refractivity contribution in [1.82, 2.24) is 0 Å². The Morgan fingerprint density at radius 1 is 1.33 bits per heavy atom. The molecule has 2 N–H and O–H groups in total. The molecule has 0 heterocycles. The maximum atomic E-state index is 11.4. The van der Waals surface area contributed by atoms with Crippen LogP contribution in [-0.4, -0.2) is 39.7 Å². The second kappa shape index (κ2) is 8.24. The fourth-order valence-electron chi connectivity index (χ4n) is 1.92. The lowest BCUT2D eigenvalue weighted by Crippen LogP contribution is -2.18. The summed E-state index contributed by atoms with van der Waals surface area (Å²) in [6.45, 7) is 3.94. The van der Waals surface area contributed by atoms with Crippen LogP contribution in [0.1, 0.15) is 25.8 Å². The Morgan fingerprint density at radius 2 is 2.05 bits per heavy atom. The van der Waals surface area contributed by atoms with Gasteiger partial charge in [0.15, 0.2) is 0 Å². The van der Waals surface area contributed by atoms with Gasteiger partial charge >= 0.3 is 0 Å². The molecule has 0 aromatic heterocycles. The molecule has 1 unspecified atom stereocenters. The Labute approximate surface area is 127 Å². The third-order valence-corrected chi connectivity index (χ3v) is 4.90. The van der Waals surface area contributed by atoms with Gasteiger partial charge in [0.05, 0.1) is 19.5 Å². The maximum Gasteiger partial charge on any atom is 0.150 e. The van der Waals surface area contributed by atoms with Gasteiger partial charge in [-0.05, 0) is 31.4 Å². The second-order valence-corrected chi connectivity index (χ2v) is 7.57. The summed E-state index contributed by atoms with van der Waals surface area (Å²) in [5, 5.41) is 0. The van der Waals surface area contributed by atoms with Gasteiger partial charge in [-0.15, -0.1) is 0 Å². The average Bonchev–Trinajstić information content (AvgIpc) is 2.44. The molecule has 0 aliphatic carbocycles. The maximum absolute atomic E-state index is 11.4. The Kier molecular flexibility index (Phi) is 6.98. The second-order valence-electron chi connectivity index (χ2n) is 5.09. The fraction of sp³-hybridized carbons (Fsp3) is 0.600. The third-order valence-electron chi connectivity index (χ3n) is 3.11.